The number of benzene rings is 5. The van der Waals surface area contributed by atoms with Gasteiger partial charge in [-0.25, -0.2) is 0 Å². The summed E-state index contributed by atoms with van der Waals surface area (Å²) in [6.45, 7) is 2.81. The normalized spacial score (nSPS) is 11.7. The Balaban J connectivity index is 1.64. The molecule has 1 radical (unpaired) electrons. The molecular formula is C35H33O3Si. The summed E-state index contributed by atoms with van der Waals surface area (Å²) in [5, 5.41) is 13.4. The minimum atomic E-state index is -1.60. The van der Waals surface area contributed by atoms with Gasteiger partial charge in [0.05, 0.1) is 6.61 Å². The summed E-state index contributed by atoms with van der Waals surface area (Å²) in [5.74, 6) is 1.59. The molecule has 1 atom stereocenters. The molecule has 3 nitrogen and oxygen atoms in total. The van der Waals surface area contributed by atoms with Gasteiger partial charge in [0.2, 0.25) is 0 Å². The molecule has 0 aromatic heterocycles. The Bertz CT molecular complexity index is 1430. The second-order valence-corrected chi connectivity index (χ2v) is 11.4. The lowest BCUT2D eigenvalue weighted by Gasteiger charge is -2.26. The van der Waals surface area contributed by atoms with Gasteiger partial charge in [0, 0.05) is 22.6 Å². The molecule has 0 spiro atoms. The van der Waals surface area contributed by atoms with E-state index in [2.05, 4.69) is 67.6 Å². The van der Waals surface area contributed by atoms with Crippen molar-refractivity contribution in [2.75, 3.05) is 6.61 Å². The number of unbranched alkanes of at least 4 members (excludes halogenated alkanes) is 1. The Kier molecular flexibility index (Phi) is 8.77. The van der Waals surface area contributed by atoms with E-state index in [1.54, 1.807) is 6.07 Å². The number of phenolic OH excluding ortho intramolecular Hbond substituents is 1. The highest BCUT2D eigenvalue weighted by Gasteiger charge is 2.28. The molecule has 0 heterocycles. The maximum Gasteiger partial charge on any atom is 0.352 e. The van der Waals surface area contributed by atoms with Crippen molar-refractivity contribution in [1.82, 2.24) is 0 Å². The van der Waals surface area contributed by atoms with Crippen molar-refractivity contribution in [2.45, 2.75) is 25.7 Å². The highest BCUT2D eigenvalue weighted by atomic mass is 28.3. The quantitative estimate of drug-likeness (QED) is 0.114. The highest BCUT2D eigenvalue weighted by molar-refractivity contribution is 6.80. The molecule has 195 valence electrons. The third-order valence-electron chi connectivity index (χ3n) is 6.75. The fourth-order valence-electron chi connectivity index (χ4n) is 4.80. The molecule has 0 fully saturated rings. The number of rotatable bonds is 11. The van der Waals surface area contributed by atoms with Crippen LogP contribution in [-0.4, -0.2) is 20.8 Å². The molecule has 5 aromatic rings. The predicted molar refractivity (Wildman–Crippen MR) is 161 cm³/mol. The Labute approximate surface area is 233 Å². The summed E-state index contributed by atoms with van der Waals surface area (Å²) in [6, 6.07) is 44.8. The maximum absolute atomic E-state index is 11.1. The van der Waals surface area contributed by atoms with E-state index in [0.717, 1.165) is 41.0 Å². The topological polar surface area (TPSA) is 38.7 Å². The van der Waals surface area contributed by atoms with Gasteiger partial charge in [-0.1, -0.05) is 129 Å². The molecule has 1 N–H and O–H groups in total. The summed E-state index contributed by atoms with van der Waals surface area (Å²) in [5.41, 5.74) is 2.80. The maximum atomic E-state index is 11.1. The van der Waals surface area contributed by atoms with Crippen molar-refractivity contribution in [3.8, 4) is 17.2 Å². The summed E-state index contributed by atoms with van der Waals surface area (Å²) in [4.78, 5) is 0. The van der Waals surface area contributed by atoms with Crippen LogP contribution in [0.5, 0.6) is 17.2 Å². The summed E-state index contributed by atoms with van der Waals surface area (Å²) >= 11 is 0. The Morgan fingerprint density at radius 1 is 0.590 bits per heavy atom. The van der Waals surface area contributed by atoms with E-state index in [1.807, 2.05) is 66.7 Å². The summed E-state index contributed by atoms with van der Waals surface area (Å²) in [6.07, 6.45) is 2.04. The van der Waals surface area contributed by atoms with Gasteiger partial charge in [-0.2, -0.15) is 0 Å². The molecular weight excluding hydrogens is 496 g/mol. The van der Waals surface area contributed by atoms with E-state index in [-0.39, 0.29) is 11.7 Å². The lowest BCUT2D eigenvalue weighted by atomic mass is 9.83. The van der Waals surface area contributed by atoms with Gasteiger partial charge in [0.15, 0.2) is 0 Å². The zero-order chi connectivity index (χ0) is 26.9. The fraction of sp³-hybridized carbons (Fsp3) is 0.143. The Hall–Kier alpha value is -4.28. The molecule has 0 saturated carbocycles. The van der Waals surface area contributed by atoms with Crippen LogP contribution >= 0.6 is 0 Å². The van der Waals surface area contributed by atoms with Crippen LogP contribution in [0.1, 0.15) is 42.4 Å². The van der Waals surface area contributed by atoms with Crippen LogP contribution in [0.25, 0.3) is 0 Å². The van der Waals surface area contributed by atoms with Crippen molar-refractivity contribution in [3.63, 3.8) is 0 Å². The van der Waals surface area contributed by atoms with Gasteiger partial charge in [-0.3, -0.25) is 0 Å². The van der Waals surface area contributed by atoms with E-state index in [0.29, 0.717) is 6.61 Å². The fourth-order valence-corrected chi connectivity index (χ4v) is 6.76. The molecule has 0 bridgehead atoms. The van der Waals surface area contributed by atoms with E-state index in [1.165, 1.54) is 10.4 Å². The monoisotopic (exact) mass is 529 g/mol. The van der Waals surface area contributed by atoms with Crippen molar-refractivity contribution < 1.29 is 14.3 Å². The lowest BCUT2D eigenvalue weighted by Crippen LogP contribution is -2.47. The van der Waals surface area contributed by atoms with E-state index >= 15 is 0 Å². The van der Waals surface area contributed by atoms with Crippen LogP contribution in [0.2, 0.25) is 0 Å². The second-order valence-electron chi connectivity index (χ2n) is 9.43. The average Bonchev–Trinajstić information content (AvgIpc) is 2.99. The molecule has 0 amide bonds. The SMILES string of the molecule is CCCCOc1ccccc1C(c1ccccc1O)c1ccccc1O[Si](c1ccccc1)c1ccccc1. The van der Waals surface area contributed by atoms with Crippen LogP contribution < -0.4 is 19.5 Å². The standard InChI is InChI=1S/C35H33O3Si/c1-2-3-26-37-33-24-14-11-21-30(33)35(29-20-10-13-23-32(29)36)31-22-12-15-25-34(31)38-39(27-16-6-4-7-17-27)28-18-8-5-9-19-28/h4-25,35-36H,2-3,26H2,1H3. The van der Waals surface area contributed by atoms with Crippen LogP contribution in [0.3, 0.4) is 0 Å². The van der Waals surface area contributed by atoms with Crippen molar-refractivity contribution in [1.29, 1.82) is 0 Å². The van der Waals surface area contributed by atoms with Crippen LogP contribution in [0.15, 0.2) is 133 Å². The molecule has 39 heavy (non-hydrogen) atoms. The number of hydrogen-bond acceptors (Lipinski definition) is 3. The van der Waals surface area contributed by atoms with Gasteiger partial charge in [0.25, 0.3) is 0 Å². The van der Waals surface area contributed by atoms with Crippen LogP contribution in [0.4, 0.5) is 0 Å². The zero-order valence-electron chi connectivity index (χ0n) is 22.2. The van der Waals surface area contributed by atoms with Gasteiger partial charge >= 0.3 is 9.04 Å². The highest BCUT2D eigenvalue weighted by Crippen LogP contribution is 2.43. The first kappa shape index (κ1) is 26.3. The number of ether oxygens (including phenoxy) is 1. The third-order valence-corrected chi connectivity index (χ3v) is 8.89. The molecule has 5 rings (SSSR count). The zero-order valence-corrected chi connectivity index (χ0v) is 23.2. The molecule has 4 heteroatoms. The molecule has 5 aromatic carbocycles. The van der Waals surface area contributed by atoms with Crippen molar-refractivity contribution >= 4 is 19.4 Å². The largest absolute Gasteiger partial charge is 0.532 e. The van der Waals surface area contributed by atoms with E-state index in [9.17, 15) is 5.11 Å². The first-order valence-electron chi connectivity index (χ1n) is 13.5. The minimum absolute atomic E-state index is 0.248. The molecule has 0 aliphatic heterocycles. The Morgan fingerprint density at radius 3 is 1.67 bits per heavy atom. The average molecular weight is 530 g/mol. The molecule has 0 aliphatic carbocycles. The molecule has 0 saturated heterocycles. The summed E-state index contributed by atoms with van der Waals surface area (Å²) < 4.78 is 13.3. The number of hydrogen-bond donors (Lipinski definition) is 1. The van der Waals surface area contributed by atoms with Crippen LogP contribution in [-0.2, 0) is 0 Å². The number of phenols is 1. The smallest absolute Gasteiger partial charge is 0.352 e. The van der Waals surface area contributed by atoms with E-state index < -0.39 is 9.04 Å². The summed E-state index contributed by atoms with van der Waals surface area (Å²) in [7, 11) is -1.60. The molecule has 0 aliphatic rings. The van der Waals surface area contributed by atoms with Crippen LogP contribution in [0, 0.1) is 0 Å². The van der Waals surface area contributed by atoms with Gasteiger partial charge < -0.3 is 14.3 Å². The third kappa shape index (κ3) is 6.24. The number of para-hydroxylation sites is 3. The minimum Gasteiger partial charge on any atom is -0.532 e. The van der Waals surface area contributed by atoms with E-state index in [4.69, 9.17) is 9.16 Å². The van der Waals surface area contributed by atoms with Crippen molar-refractivity contribution in [2.24, 2.45) is 0 Å². The predicted octanol–water partition coefficient (Wildman–Crippen LogP) is 6.94. The second kappa shape index (κ2) is 13.0. The lowest BCUT2D eigenvalue weighted by molar-refractivity contribution is 0.306. The first-order chi connectivity index (χ1) is 19.3. The van der Waals surface area contributed by atoms with Gasteiger partial charge in [-0.05, 0) is 35.0 Å². The number of aromatic hydroxyl groups is 1. The first-order valence-corrected chi connectivity index (χ1v) is 14.9. The Morgan fingerprint density at radius 2 is 1.08 bits per heavy atom. The van der Waals surface area contributed by atoms with Gasteiger partial charge in [0.1, 0.15) is 17.2 Å². The van der Waals surface area contributed by atoms with Gasteiger partial charge in [-0.15, -0.1) is 0 Å². The van der Waals surface area contributed by atoms with Crippen molar-refractivity contribution in [3.05, 3.63) is 150 Å². The molecule has 1 unspecified atom stereocenters.